The van der Waals surface area contributed by atoms with Crippen LogP contribution in [0, 0.1) is 18.7 Å². The van der Waals surface area contributed by atoms with Gasteiger partial charge in [-0.25, -0.2) is 4.39 Å². The van der Waals surface area contributed by atoms with E-state index in [1.165, 1.54) is 6.07 Å². The summed E-state index contributed by atoms with van der Waals surface area (Å²) in [5.74, 6) is -0.310. The van der Waals surface area contributed by atoms with Gasteiger partial charge in [0, 0.05) is 11.5 Å². The Morgan fingerprint density at radius 3 is 2.71 bits per heavy atom. The van der Waals surface area contributed by atoms with Crippen molar-refractivity contribution in [1.29, 1.82) is 0 Å². The first kappa shape index (κ1) is 12.5. The van der Waals surface area contributed by atoms with Crippen LogP contribution in [0.2, 0.25) is 5.02 Å². The van der Waals surface area contributed by atoms with Crippen LogP contribution in [-0.2, 0) is 0 Å². The Morgan fingerprint density at radius 2 is 2.06 bits per heavy atom. The van der Waals surface area contributed by atoms with Crippen LogP contribution in [0.3, 0.4) is 0 Å². The predicted octanol–water partition coefficient (Wildman–Crippen LogP) is 2.97. The highest BCUT2D eigenvalue weighted by Crippen LogP contribution is 2.26. The van der Waals surface area contributed by atoms with Crippen molar-refractivity contribution < 1.29 is 9.18 Å². The van der Waals surface area contributed by atoms with Crippen molar-refractivity contribution in [2.75, 3.05) is 13.1 Å². The number of rotatable bonds is 2. The molecule has 0 spiro atoms. The van der Waals surface area contributed by atoms with Gasteiger partial charge in [0.05, 0.1) is 5.02 Å². The summed E-state index contributed by atoms with van der Waals surface area (Å²) in [4.78, 5) is 12.2. The van der Waals surface area contributed by atoms with Crippen molar-refractivity contribution in [3.63, 3.8) is 0 Å². The molecular formula is C13H15ClFNO. The van der Waals surface area contributed by atoms with Gasteiger partial charge < -0.3 is 5.32 Å². The lowest BCUT2D eigenvalue weighted by Gasteiger charge is -2.22. The molecule has 2 rings (SSSR count). The van der Waals surface area contributed by atoms with E-state index in [1.807, 2.05) is 0 Å². The molecule has 1 heterocycles. The first-order chi connectivity index (χ1) is 8.09. The van der Waals surface area contributed by atoms with Crippen LogP contribution in [0.4, 0.5) is 4.39 Å². The molecule has 0 radical (unpaired) electrons. The van der Waals surface area contributed by atoms with E-state index in [0.29, 0.717) is 11.1 Å². The fourth-order valence-corrected chi connectivity index (χ4v) is 2.39. The first-order valence-electron chi connectivity index (χ1n) is 5.80. The summed E-state index contributed by atoms with van der Waals surface area (Å²) in [6, 6.07) is 2.78. The van der Waals surface area contributed by atoms with Crippen LogP contribution in [0.25, 0.3) is 0 Å². The van der Waals surface area contributed by atoms with Gasteiger partial charge in [0.15, 0.2) is 5.78 Å². The van der Waals surface area contributed by atoms with Gasteiger partial charge in [-0.3, -0.25) is 4.79 Å². The molecule has 2 nitrogen and oxygen atoms in total. The van der Waals surface area contributed by atoms with E-state index < -0.39 is 0 Å². The monoisotopic (exact) mass is 255 g/mol. The van der Waals surface area contributed by atoms with E-state index in [1.54, 1.807) is 13.0 Å². The molecule has 0 bridgehead atoms. The second kappa shape index (κ2) is 5.15. The molecule has 1 aromatic carbocycles. The smallest absolute Gasteiger partial charge is 0.167 e. The van der Waals surface area contributed by atoms with Gasteiger partial charge in [-0.2, -0.15) is 0 Å². The lowest BCUT2D eigenvalue weighted by Crippen LogP contribution is -2.32. The van der Waals surface area contributed by atoms with Crippen LogP contribution in [0.5, 0.6) is 0 Å². The zero-order valence-electron chi connectivity index (χ0n) is 9.72. The topological polar surface area (TPSA) is 29.1 Å². The Kier molecular flexibility index (Phi) is 3.79. The first-order valence-corrected chi connectivity index (χ1v) is 6.18. The van der Waals surface area contributed by atoms with Crippen molar-refractivity contribution in [3.05, 3.63) is 34.1 Å². The molecule has 1 aliphatic heterocycles. The van der Waals surface area contributed by atoms with Gasteiger partial charge in [-0.15, -0.1) is 0 Å². The number of nitrogens with one attached hydrogen (secondary N) is 1. The second-order valence-electron chi connectivity index (χ2n) is 4.47. The number of ketones is 1. The Labute approximate surface area is 105 Å². The maximum atomic E-state index is 13.3. The Balaban J connectivity index is 2.26. The van der Waals surface area contributed by atoms with Crippen LogP contribution in [0.1, 0.15) is 28.8 Å². The van der Waals surface area contributed by atoms with Crippen molar-refractivity contribution >= 4 is 17.4 Å². The molecule has 1 fully saturated rings. The molecule has 0 atom stereocenters. The van der Waals surface area contributed by atoms with Crippen LogP contribution < -0.4 is 5.32 Å². The van der Waals surface area contributed by atoms with Crippen LogP contribution >= 0.6 is 11.6 Å². The minimum absolute atomic E-state index is 0.0126. The van der Waals surface area contributed by atoms with Gasteiger partial charge >= 0.3 is 0 Å². The van der Waals surface area contributed by atoms with E-state index in [0.717, 1.165) is 25.9 Å². The molecular weight excluding hydrogens is 241 g/mol. The number of Topliss-reactive ketones (excluding diaryl/α,β-unsaturated/α-hetero) is 1. The minimum atomic E-state index is -0.364. The largest absolute Gasteiger partial charge is 0.317 e. The molecule has 92 valence electrons. The number of hydrogen-bond donors (Lipinski definition) is 1. The van der Waals surface area contributed by atoms with E-state index in [2.05, 4.69) is 5.32 Å². The van der Waals surface area contributed by atoms with Crippen LogP contribution in [-0.4, -0.2) is 18.9 Å². The Hall–Kier alpha value is -0.930. The van der Waals surface area contributed by atoms with Crippen molar-refractivity contribution in [1.82, 2.24) is 5.32 Å². The lowest BCUT2D eigenvalue weighted by molar-refractivity contribution is 0.0895. The number of piperidine rings is 1. The number of benzene rings is 1. The molecule has 1 aromatic rings. The Morgan fingerprint density at radius 1 is 1.41 bits per heavy atom. The average molecular weight is 256 g/mol. The SMILES string of the molecule is Cc1cc(C(=O)C2CCNCC2)c(Cl)cc1F. The molecule has 0 aromatic heterocycles. The van der Waals surface area contributed by atoms with Gasteiger partial charge in [0.2, 0.25) is 0 Å². The van der Waals surface area contributed by atoms with E-state index in [4.69, 9.17) is 11.6 Å². The predicted molar refractivity (Wildman–Crippen MR) is 66.1 cm³/mol. The number of carbonyl (C=O) groups excluding carboxylic acids is 1. The summed E-state index contributed by atoms with van der Waals surface area (Å²) < 4.78 is 13.3. The van der Waals surface area contributed by atoms with E-state index >= 15 is 0 Å². The highest BCUT2D eigenvalue weighted by Gasteiger charge is 2.24. The van der Waals surface area contributed by atoms with E-state index in [-0.39, 0.29) is 22.5 Å². The summed E-state index contributed by atoms with van der Waals surface area (Å²) in [6.07, 6.45) is 1.65. The molecule has 1 N–H and O–H groups in total. The number of hydrogen-bond acceptors (Lipinski definition) is 2. The summed E-state index contributed by atoms with van der Waals surface area (Å²) in [6.45, 7) is 3.35. The highest BCUT2D eigenvalue weighted by molar-refractivity contribution is 6.34. The van der Waals surface area contributed by atoms with Gasteiger partial charge in [0.25, 0.3) is 0 Å². The van der Waals surface area contributed by atoms with E-state index in [9.17, 15) is 9.18 Å². The van der Waals surface area contributed by atoms with Crippen molar-refractivity contribution in [3.8, 4) is 0 Å². The molecule has 0 aliphatic carbocycles. The molecule has 1 aliphatic rings. The fourth-order valence-electron chi connectivity index (χ4n) is 2.15. The summed E-state index contributed by atoms with van der Waals surface area (Å²) in [7, 11) is 0. The maximum Gasteiger partial charge on any atom is 0.167 e. The lowest BCUT2D eigenvalue weighted by atomic mass is 9.89. The summed E-state index contributed by atoms with van der Waals surface area (Å²) in [5, 5.41) is 3.43. The van der Waals surface area contributed by atoms with Gasteiger partial charge in [0.1, 0.15) is 5.82 Å². The molecule has 4 heteroatoms. The van der Waals surface area contributed by atoms with Crippen molar-refractivity contribution in [2.45, 2.75) is 19.8 Å². The molecule has 0 unspecified atom stereocenters. The maximum absolute atomic E-state index is 13.3. The Bertz CT molecular complexity index is 441. The van der Waals surface area contributed by atoms with Gasteiger partial charge in [-0.1, -0.05) is 11.6 Å². The summed E-state index contributed by atoms with van der Waals surface area (Å²) >= 11 is 5.94. The zero-order valence-corrected chi connectivity index (χ0v) is 10.5. The molecule has 17 heavy (non-hydrogen) atoms. The molecule has 0 amide bonds. The van der Waals surface area contributed by atoms with Crippen molar-refractivity contribution in [2.24, 2.45) is 5.92 Å². The third-order valence-electron chi connectivity index (χ3n) is 3.22. The zero-order chi connectivity index (χ0) is 12.4. The molecule has 0 saturated carbocycles. The molecule has 1 saturated heterocycles. The highest BCUT2D eigenvalue weighted by atomic mass is 35.5. The fraction of sp³-hybridized carbons (Fsp3) is 0.462. The quantitative estimate of drug-likeness (QED) is 0.824. The summed E-state index contributed by atoms with van der Waals surface area (Å²) in [5.41, 5.74) is 0.921. The van der Waals surface area contributed by atoms with Gasteiger partial charge in [-0.05, 0) is 50.6 Å². The number of halogens is 2. The minimum Gasteiger partial charge on any atom is -0.317 e. The second-order valence-corrected chi connectivity index (χ2v) is 4.88. The average Bonchev–Trinajstić information content (AvgIpc) is 2.34. The third-order valence-corrected chi connectivity index (χ3v) is 3.54. The normalized spacial score (nSPS) is 17.1. The standard InChI is InChI=1S/C13H15ClFNO/c1-8-6-10(11(14)7-12(8)15)13(17)9-2-4-16-5-3-9/h6-7,9,16H,2-5H2,1H3. The number of carbonyl (C=O) groups is 1. The number of aryl methyl sites for hydroxylation is 1. The van der Waals surface area contributed by atoms with Crippen LogP contribution in [0.15, 0.2) is 12.1 Å². The third kappa shape index (κ3) is 2.67.